The number of carbonyl (C=O) groups is 1. The fraction of sp³-hybridized carbons (Fsp3) is 0.350. The van der Waals surface area contributed by atoms with Crippen molar-refractivity contribution in [2.24, 2.45) is 7.05 Å². The standard InChI is InChI=1S/C20H26N6O/c1-12-18(15(4)25(6)23-12)22-20(27)14(3)21-19-13(2)24-26(16(19)5)17-10-8-7-9-11-17/h7-11,14,21H,1-6H3,(H,22,27). The van der Waals surface area contributed by atoms with Crippen LogP contribution in [0, 0.1) is 27.7 Å². The fourth-order valence-electron chi connectivity index (χ4n) is 3.14. The zero-order valence-corrected chi connectivity index (χ0v) is 16.7. The van der Waals surface area contributed by atoms with E-state index in [2.05, 4.69) is 20.8 Å². The molecule has 2 heterocycles. The van der Waals surface area contributed by atoms with Crippen molar-refractivity contribution in [2.45, 2.75) is 40.7 Å². The van der Waals surface area contributed by atoms with E-state index < -0.39 is 6.04 Å². The highest BCUT2D eigenvalue weighted by atomic mass is 16.2. The molecular formula is C20H26N6O. The summed E-state index contributed by atoms with van der Waals surface area (Å²) in [6.07, 6.45) is 0. The number of aryl methyl sites for hydroxylation is 3. The Morgan fingerprint density at radius 3 is 2.19 bits per heavy atom. The molecule has 142 valence electrons. The third-order valence-electron chi connectivity index (χ3n) is 4.80. The largest absolute Gasteiger partial charge is 0.371 e. The summed E-state index contributed by atoms with van der Waals surface area (Å²) in [5.74, 6) is -0.111. The van der Waals surface area contributed by atoms with E-state index in [-0.39, 0.29) is 5.91 Å². The van der Waals surface area contributed by atoms with Crippen molar-refractivity contribution in [3.8, 4) is 5.69 Å². The lowest BCUT2D eigenvalue weighted by atomic mass is 10.2. The first-order valence-electron chi connectivity index (χ1n) is 8.98. The second kappa shape index (κ2) is 7.26. The Morgan fingerprint density at radius 1 is 0.963 bits per heavy atom. The zero-order chi connectivity index (χ0) is 19.7. The first kappa shape index (κ1) is 18.7. The molecule has 0 aliphatic carbocycles. The van der Waals surface area contributed by atoms with Crippen LogP contribution < -0.4 is 10.6 Å². The molecule has 0 bridgehead atoms. The molecule has 0 spiro atoms. The number of para-hydroxylation sites is 1. The van der Waals surface area contributed by atoms with Crippen LogP contribution in [0.15, 0.2) is 30.3 Å². The molecule has 0 fully saturated rings. The van der Waals surface area contributed by atoms with Crippen LogP contribution in [0.25, 0.3) is 5.69 Å². The Labute approximate surface area is 159 Å². The lowest BCUT2D eigenvalue weighted by molar-refractivity contribution is -0.116. The predicted molar refractivity (Wildman–Crippen MR) is 107 cm³/mol. The molecule has 7 heteroatoms. The van der Waals surface area contributed by atoms with Gasteiger partial charge in [0.2, 0.25) is 5.91 Å². The topological polar surface area (TPSA) is 76.8 Å². The van der Waals surface area contributed by atoms with Gasteiger partial charge >= 0.3 is 0 Å². The first-order chi connectivity index (χ1) is 12.8. The summed E-state index contributed by atoms with van der Waals surface area (Å²) in [7, 11) is 1.87. The van der Waals surface area contributed by atoms with Crippen LogP contribution in [0.1, 0.15) is 29.7 Å². The van der Waals surface area contributed by atoms with Crippen molar-refractivity contribution >= 4 is 17.3 Å². The number of rotatable bonds is 5. The van der Waals surface area contributed by atoms with Gasteiger partial charge in [0.05, 0.1) is 39.8 Å². The molecule has 1 aromatic carbocycles. The van der Waals surface area contributed by atoms with Crippen molar-refractivity contribution in [1.29, 1.82) is 0 Å². The average molecular weight is 366 g/mol. The van der Waals surface area contributed by atoms with E-state index in [4.69, 9.17) is 0 Å². The molecule has 3 aromatic rings. The van der Waals surface area contributed by atoms with Gasteiger partial charge in [0.1, 0.15) is 6.04 Å². The zero-order valence-electron chi connectivity index (χ0n) is 16.7. The van der Waals surface area contributed by atoms with Crippen LogP contribution in [0.3, 0.4) is 0 Å². The number of aromatic nitrogens is 4. The summed E-state index contributed by atoms with van der Waals surface area (Å²) in [4.78, 5) is 12.7. The Morgan fingerprint density at radius 2 is 1.59 bits per heavy atom. The van der Waals surface area contributed by atoms with Gasteiger partial charge in [-0.3, -0.25) is 9.48 Å². The second-order valence-corrected chi connectivity index (χ2v) is 6.82. The molecular weight excluding hydrogens is 340 g/mol. The van der Waals surface area contributed by atoms with Crippen LogP contribution in [0.4, 0.5) is 11.4 Å². The first-order valence-corrected chi connectivity index (χ1v) is 8.98. The van der Waals surface area contributed by atoms with Gasteiger partial charge in [-0.2, -0.15) is 10.2 Å². The smallest absolute Gasteiger partial charge is 0.246 e. The summed E-state index contributed by atoms with van der Waals surface area (Å²) >= 11 is 0. The number of nitrogens with one attached hydrogen (secondary N) is 2. The average Bonchev–Trinajstić information content (AvgIpc) is 3.06. The molecule has 0 saturated carbocycles. The van der Waals surface area contributed by atoms with E-state index in [9.17, 15) is 4.79 Å². The van der Waals surface area contributed by atoms with Crippen LogP contribution in [-0.2, 0) is 11.8 Å². The van der Waals surface area contributed by atoms with Gasteiger partial charge in [-0.15, -0.1) is 0 Å². The Balaban J connectivity index is 1.79. The Bertz CT molecular complexity index is 970. The van der Waals surface area contributed by atoms with Gasteiger partial charge in [0.25, 0.3) is 0 Å². The van der Waals surface area contributed by atoms with Crippen LogP contribution >= 0.6 is 0 Å². The maximum atomic E-state index is 12.7. The van der Waals surface area contributed by atoms with Crippen molar-refractivity contribution in [3.05, 3.63) is 53.1 Å². The van der Waals surface area contributed by atoms with E-state index in [1.807, 2.05) is 76.7 Å². The molecule has 0 aliphatic rings. The summed E-state index contributed by atoms with van der Waals surface area (Å²) in [5, 5.41) is 15.3. The van der Waals surface area contributed by atoms with E-state index in [0.29, 0.717) is 0 Å². The van der Waals surface area contributed by atoms with Gasteiger partial charge in [0, 0.05) is 7.05 Å². The highest BCUT2D eigenvalue weighted by Crippen LogP contribution is 2.24. The molecule has 0 aliphatic heterocycles. The predicted octanol–water partition coefficient (Wildman–Crippen LogP) is 3.28. The maximum Gasteiger partial charge on any atom is 0.246 e. The third kappa shape index (κ3) is 3.58. The van der Waals surface area contributed by atoms with Gasteiger partial charge in [-0.25, -0.2) is 4.68 Å². The summed E-state index contributed by atoms with van der Waals surface area (Å²) < 4.78 is 3.65. The maximum absolute atomic E-state index is 12.7. The van der Waals surface area contributed by atoms with Crippen molar-refractivity contribution in [2.75, 3.05) is 10.6 Å². The highest BCUT2D eigenvalue weighted by molar-refractivity contribution is 5.97. The quantitative estimate of drug-likeness (QED) is 0.726. The van der Waals surface area contributed by atoms with Crippen LogP contribution in [-0.4, -0.2) is 31.5 Å². The second-order valence-electron chi connectivity index (χ2n) is 6.82. The molecule has 1 amide bonds. The van der Waals surface area contributed by atoms with Gasteiger partial charge < -0.3 is 10.6 Å². The molecule has 2 aromatic heterocycles. The normalized spacial score (nSPS) is 12.1. The van der Waals surface area contributed by atoms with Crippen molar-refractivity contribution < 1.29 is 4.79 Å². The van der Waals surface area contributed by atoms with Crippen molar-refractivity contribution in [3.63, 3.8) is 0 Å². The van der Waals surface area contributed by atoms with E-state index in [0.717, 1.165) is 39.8 Å². The highest BCUT2D eigenvalue weighted by Gasteiger charge is 2.21. The minimum atomic E-state index is -0.421. The minimum absolute atomic E-state index is 0.111. The van der Waals surface area contributed by atoms with Crippen molar-refractivity contribution in [1.82, 2.24) is 19.6 Å². The number of hydrogen-bond acceptors (Lipinski definition) is 4. The summed E-state index contributed by atoms with van der Waals surface area (Å²) in [6, 6.07) is 9.53. The molecule has 7 nitrogen and oxygen atoms in total. The minimum Gasteiger partial charge on any atom is -0.371 e. The van der Waals surface area contributed by atoms with E-state index in [1.165, 1.54) is 0 Å². The number of amides is 1. The molecule has 1 atom stereocenters. The van der Waals surface area contributed by atoms with Gasteiger partial charge in [-0.1, -0.05) is 18.2 Å². The third-order valence-corrected chi connectivity index (χ3v) is 4.80. The Kier molecular flexibility index (Phi) is 5.03. The Hall–Kier alpha value is -3.09. The number of anilines is 2. The lowest BCUT2D eigenvalue weighted by Crippen LogP contribution is -2.32. The molecule has 2 N–H and O–H groups in total. The van der Waals surface area contributed by atoms with E-state index >= 15 is 0 Å². The number of nitrogens with zero attached hydrogens (tertiary/aromatic N) is 4. The summed E-state index contributed by atoms with van der Waals surface area (Å²) in [5.41, 5.74) is 6.18. The molecule has 1 unspecified atom stereocenters. The van der Waals surface area contributed by atoms with Crippen LogP contribution in [0.2, 0.25) is 0 Å². The molecule has 0 saturated heterocycles. The van der Waals surface area contributed by atoms with Gasteiger partial charge in [0.15, 0.2) is 0 Å². The number of hydrogen-bond donors (Lipinski definition) is 2. The number of benzene rings is 1. The van der Waals surface area contributed by atoms with Crippen LogP contribution in [0.5, 0.6) is 0 Å². The monoisotopic (exact) mass is 366 g/mol. The molecule has 3 rings (SSSR count). The molecule has 0 radical (unpaired) electrons. The number of carbonyl (C=O) groups excluding carboxylic acids is 1. The van der Waals surface area contributed by atoms with Gasteiger partial charge in [-0.05, 0) is 46.8 Å². The fourth-order valence-corrected chi connectivity index (χ4v) is 3.14. The van der Waals surface area contributed by atoms with E-state index in [1.54, 1.807) is 4.68 Å². The lowest BCUT2D eigenvalue weighted by Gasteiger charge is -2.16. The summed E-state index contributed by atoms with van der Waals surface area (Å²) in [6.45, 7) is 9.60. The SMILES string of the molecule is Cc1nn(C)c(C)c1NC(=O)C(C)Nc1c(C)nn(-c2ccccc2)c1C. The molecule has 27 heavy (non-hydrogen) atoms.